The van der Waals surface area contributed by atoms with Crippen molar-refractivity contribution in [3.05, 3.63) is 28.3 Å². The van der Waals surface area contributed by atoms with Gasteiger partial charge in [-0.3, -0.25) is 9.89 Å². The molecular formula is C9H11N5OS. The minimum Gasteiger partial charge on any atom is -0.383 e. The van der Waals surface area contributed by atoms with Crippen LogP contribution in [0.15, 0.2) is 17.1 Å². The monoisotopic (exact) mass is 237 g/mol. The molecule has 2 heterocycles. The average molecular weight is 237 g/mol. The van der Waals surface area contributed by atoms with Gasteiger partial charge in [0.2, 0.25) is 0 Å². The smallest absolute Gasteiger partial charge is 0.256 e. The van der Waals surface area contributed by atoms with Crippen LogP contribution >= 0.6 is 11.3 Å². The fourth-order valence-corrected chi connectivity index (χ4v) is 1.83. The zero-order valence-corrected chi connectivity index (χ0v) is 9.25. The molecule has 6 nitrogen and oxygen atoms in total. The molecule has 2 aromatic heterocycles. The Morgan fingerprint density at radius 3 is 3.12 bits per heavy atom. The Morgan fingerprint density at radius 2 is 2.50 bits per heavy atom. The number of carbonyl (C=O) groups excluding carboxylic acids is 1. The Balaban J connectivity index is 1.83. The minimum atomic E-state index is -0.221. The Bertz CT molecular complexity index is 464. The molecule has 0 spiro atoms. The molecule has 1 amide bonds. The number of aromatic nitrogens is 3. The van der Waals surface area contributed by atoms with E-state index in [1.807, 2.05) is 5.38 Å². The van der Waals surface area contributed by atoms with Crippen molar-refractivity contribution in [2.24, 2.45) is 0 Å². The highest BCUT2D eigenvalue weighted by Crippen LogP contribution is 2.05. The van der Waals surface area contributed by atoms with Gasteiger partial charge in [-0.1, -0.05) is 0 Å². The van der Waals surface area contributed by atoms with E-state index in [0.29, 0.717) is 18.5 Å². The molecule has 4 N–H and O–H groups in total. The third kappa shape index (κ3) is 2.37. The summed E-state index contributed by atoms with van der Waals surface area (Å²) in [6, 6.07) is 0. The Morgan fingerprint density at radius 1 is 1.62 bits per heavy atom. The van der Waals surface area contributed by atoms with E-state index in [1.165, 1.54) is 17.5 Å². The molecule has 0 aliphatic heterocycles. The van der Waals surface area contributed by atoms with Crippen LogP contribution < -0.4 is 11.1 Å². The van der Waals surface area contributed by atoms with Crippen molar-refractivity contribution in [1.82, 2.24) is 20.5 Å². The standard InChI is InChI=1S/C9H11N5OS/c10-8-7(3-13-14-8)9(15)11-2-1-6-4-16-5-12-6/h3-5H,1-2H2,(H,11,15)(H3,10,13,14). The fourth-order valence-electron chi connectivity index (χ4n) is 1.24. The highest BCUT2D eigenvalue weighted by Gasteiger charge is 2.10. The van der Waals surface area contributed by atoms with Crippen LogP contribution in [-0.4, -0.2) is 27.6 Å². The number of carbonyl (C=O) groups is 1. The van der Waals surface area contributed by atoms with Gasteiger partial charge in [0.15, 0.2) is 0 Å². The molecule has 0 aliphatic carbocycles. The number of H-pyrrole nitrogens is 1. The molecule has 0 fully saturated rings. The van der Waals surface area contributed by atoms with Gasteiger partial charge in [-0.2, -0.15) is 5.10 Å². The van der Waals surface area contributed by atoms with Gasteiger partial charge in [0.25, 0.3) is 5.91 Å². The molecule has 0 radical (unpaired) electrons. The second-order valence-electron chi connectivity index (χ2n) is 3.18. The zero-order valence-electron chi connectivity index (χ0n) is 8.43. The van der Waals surface area contributed by atoms with Crippen LogP contribution in [0.3, 0.4) is 0 Å². The van der Waals surface area contributed by atoms with Crippen LogP contribution in [0.1, 0.15) is 16.1 Å². The first-order valence-electron chi connectivity index (χ1n) is 4.71. The molecule has 2 aromatic rings. The molecule has 16 heavy (non-hydrogen) atoms. The van der Waals surface area contributed by atoms with Crippen molar-refractivity contribution in [3.8, 4) is 0 Å². The molecule has 7 heteroatoms. The lowest BCUT2D eigenvalue weighted by atomic mass is 10.3. The average Bonchev–Trinajstić information content (AvgIpc) is 2.88. The van der Waals surface area contributed by atoms with Crippen LogP contribution in [0.5, 0.6) is 0 Å². The van der Waals surface area contributed by atoms with Crippen molar-refractivity contribution < 1.29 is 4.79 Å². The van der Waals surface area contributed by atoms with Crippen LogP contribution in [0.4, 0.5) is 5.82 Å². The molecule has 0 unspecified atom stereocenters. The maximum Gasteiger partial charge on any atom is 0.256 e. The molecule has 84 valence electrons. The first-order chi connectivity index (χ1) is 7.77. The summed E-state index contributed by atoms with van der Waals surface area (Å²) in [7, 11) is 0. The van der Waals surface area contributed by atoms with E-state index in [0.717, 1.165) is 5.69 Å². The second kappa shape index (κ2) is 4.75. The molecule has 0 bridgehead atoms. The number of aromatic amines is 1. The van der Waals surface area contributed by atoms with Gasteiger partial charge in [0, 0.05) is 18.3 Å². The quantitative estimate of drug-likeness (QED) is 0.718. The number of nitrogens with one attached hydrogen (secondary N) is 2. The molecule has 0 saturated carbocycles. The topological polar surface area (TPSA) is 96.7 Å². The van der Waals surface area contributed by atoms with E-state index in [-0.39, 0.29) is 11.7 Å². The van der Waals surface area contributed by atoms with E-state index in [2.05, 4.69) is 20.5 Å². The van der Waals surface area contributed by atoms with Crippen LogP contribution in [-0.2, 0) is 6.42 Å². The fraction of sp³-hybridized carbons (Fsp3) is 0.222. The van der Waals surface area contributed by atoms with Gasteiger partial charge in [0.1, 0.15) is 11.4 Å². The van der Waals surface area contributed by atoms with E-state index in [9.17, 15) is 4.79 Å². The Labute approximate surface area is 95.9 Å². The van der Waals surface area contributed by atoms with E-state index < -0.39 is 0 Å². The predicted octanol–water partition coefficient (Wildman–Crippen LogP) is 0.421. The summed E-state index contributed by atoms with van der Waals surface area (Å²) in [5.41, 5.74) is 8.64. The van der Waals surface area contributed by atoms with Crippen molar-refractivity contribution >= 4 is 23.1 Å². The maximum atomic E-state index is 11.6. The normalized spacial score (nSPS) is 10.2. The third-order valence-electron chi connectivity index (χ3n) is 2.06. The SMILES string of the molecule is Nc1[nH]ncc1C(=O)NCCc1cscn1. The van der Waals surface area contributed by atoms with Crippen molar-refractivity contribution in [2.45, 2.75) is 6.42 Å². The van der Waals surface area contributed by atoms with Crippen LogP contribution in [0.25, 0.3) is 0 Å². The second-order valence-corrected chi connectivity index (χ2v) is 3.90. The van der Waals surface area contributed by atoms with Crippen LogP contribution in [0.2, 0.25) is 0 Å². The van der Waals surface area contributed by atoms with Gasteiger partial charge < -0.3 is 11.1 Å². The number of nitrogen functional groups attached to an aromatic ring is 1. The number of hydrogen-bond acceptors (Lipinski definition) is 5. The number of amides is 1. The summed E-state index contributed by atoms with van der Waals surface area (Å²) in [5.74, 6) is 0.0626. The lowest BCUT2D eigenvalue weighted by molar-refractivity contribution is 0.0955. The van der Waals surface area contributed by atoms with Gasteiger partial charge in [0.05, 0.1) is 17.4 Å². The molecule has 0 saturated heterocycles. The van der Waals surface area contributed by atoms with Gasteiger partial charge in [-0.25, -0.2) is 4.98 Å². The Hall–Kier alpha value is -1.89. The highest BCUT2D eigenvalue weighted by molar-refractivity contribution is 7.07. The lowest BCUT2D eigenvalue weighted by Crippen LogP contribution is -2.26. The zero-order chi connectivity index (χ0) is 11.4. The molecule has 0 aromatic carbocycles. The first-order valence-corrected chi connectivity index (χ1v) is 5.66. The number of nitrogens with zero attached hydrogens (tertiary/aromatic N) is 2. The van der Waals surface area contributed by atoms with E-state index in [4.69, 9.17) is 5.73 Å². The number of thiazole rings is 1. The summed E-state index contributed by atoms with van der Waals surface area (Å²) >= 11 is 1.54. The number of rotatable bonds is 4. The van der Waals surface area contributed by atoms with Crippen molar-refractivity contribution in [2.75, 3.05) is 12.3 Å². The van der Waals surface area contributed by atoms with Crippen LogP contribution in [0, 0.1) is 0 Å². The Kier molecular flexibility index (Phi) is 3.16. The summed E-state index contributed by atoms with van der Waals surface area (Å²) < 4.78 is 0. The summed E-state index contributed by atoms with van der Waals surface area (Å²) in [5, 5.41) is 10.9. The van der Waals surface area contributed by atoms with Crippen molar-refractivity contribution in [1.29, 1.82) is 0 Å². The van der Waals surface area contributed by atoms with E-state index in [1.54, 1.807) is 5.51 Å². The minimum absolute atomic E-state index is 0.221. The van der Waals surface area contributed by atoms with Gasteiger partial charge in [-0.05, 0) is 0 Å². The summed E-state index contributed by atoms with van der Waals surface area (Å²) in [6.07, 6.45) is 2.13. The number of nitrogens with two attached hydrogens (primary N) is 1. The lowest BCUT2D eigenvalue weighted by Gasteiger charge is -2.02. The first kappa shape index (κ1) is 10.6. The third-order valence-corrected chi connectivity index (χ3v) is 2.70. The molecule has 0 atom stereocenters. The van der Waals surface area contributed by atoms with Gasteiger partial charge >= 0.3 is 0 Å². The van der Waals surface area contributed by atoms with Crippen molar-refractivity contribution in [3.63, 3.8) is 0 Å². The van der Waals surface area contributed by atoms with Gasteiger partial charge in [-0.15, -0.1) is 11.3 Å². The predicted molar refractivity (Wildman–Crippen MR) is 61.2 cm³/mol. The van der Waals surface area contributed by atoms with E-state index >= 15 is 0 Å². The highest BCUT2D eigenvalue weighted by atomic mass is 32.1. The summed E-state index contributed by atoms with van der Waals surface area (Å²) in [6.45, 7) is 0.535. The summed E-state index contributed by atoms with van der Waals surface area (Å²) in [4.78, 5) is 15.7. The number of anilines is 1. The number of hydrogen-bond donors (Lipinski definition) is 3. The molecule has 2 rings (SSSR count). The maximum absolute atomic E-state index is 11.6. The molecular weight excluding hydrogens is 226 g/mol. The molecule has 0 aliphatic rings. The largest absolute Gasteiger partial charge is 0.383 e.